The molecule has 2 atom stereocenters. The van der Waals surface area contributed by atoms with Gasteiger partial charge in [0.2, 0.25) is 0 Å². The van der Waals surface area contributed by atoms with Gasteiger partial charge in [0.15, 0.2) is 0 Å². The van der Waals surface area contributed by atoms with Crippen LogP contribution in [-0.4, -0.2) is 18.6 Å². The highest BCUT2D eigenvalue weighted by atomic mass is 35.5. The molecule has 2 nitrogen and oxygen atoms in total. The van der Waals surface area contributed by atoms with Gasteiger partial charge in [-0.3, -0.25) is 0 Å². The van der Waals surface area contributed by atoms with E-state index < -0.39 is 0 Å². The summed E-state index contributed by atoms with van der Waals surface area (Å²) in [6.07, 6.45) is 9.93. The largest absolute Gasteiger partial charge is 0.328 e. The molecule has 24 heavy (non-hydrogen) atoms. The Kier molecular flexibility index (Phi) is 9.36. The molecule has 1 aromatic rings. The highest BCUT2D eigenvalue weighted by Gasteiger charge is 2.39. The summed E-state index contributed by atoms with van der Waals surface area (Å²) in [5, 5.41) is 3.81. The zero-order chi connectivity index (χ0) is 15.4. The number of hydrogen-bond donors (Lipinski definition) is 2. The van der Waals surface area contributed by atoms with Gasteiger partial charge in [-0.25, -0.2) is 0 Å². The SMILES string of the molecule is CCC(=Cc1ccccc1)C1C[C@@H]1NCC1CCC(N)CC1.Cl.Cl. The molecule has 0 aromatic heterocycles. The summed E-state index contributed by atoms with van der Waals surface area (Å²) in [5.74, 6) is 1.61. The fraction of sp³-hybridized carbons (Fsp3) is 0.600. The lowest BCUT2D eigenvalue weighted by Gasteiger charge is -2.26. The summed E-state index contributed by atoms with van der Waals surface area (Å²) in [6, 6.07) is 11.9. The molecule has 0 heterocycles. The molecule has 0 bridgehead atoms. The summed E-state index contributed by atoms with van der Waals surface area (Å²) >= 11 is 0. The fourth-order valence-corrected chi connectivity index (χ4v) is 3.78. The summed E-state index contributed by atoms with van der Waals surface area (Å²) in [5.41, 5.74) is 8.94. The molecule has 0 spiro atoms. The molecule has 1 unspecified atom stereocenters. The van der Waals surface area contributed by atoms with E-state index in [1.54, 1.807) is 5.57 Å². The first kappa shape index (κ1) is 21.5. The van der Waals surface area contributed by atoms with Gasteiger partial charge in [0.05, 0.1) is 0 Å². The zero-order valence-corrected chi connectivity index (χ0v) is 16.3. The molecular weight excluding hydrogens is 339 g/mol. The van der Waals surface area contributed by atoms with Gasteiger partial charge in [-0.15, -0.1) is 24.8 Å². The number of hydrogen-bond acceptors (Lipinski definition) is 2. The molecule has 4 heteroatoms. The fourth-order valence-electron chi connectivity index (χ4n) is 3.78. The molecule has 2 aliphatic rings. The van der Waals surface area contributed by atoms with Gasteiger partial charge in [0.25, 0.3) is 0 Å². The normalized spacial score (nSPS) is 29.3. The standard InChI is InChI=1S/C20H30N2.2ClH/c1-2-17(12-15-6-4-3-5-7-15)19-13-20(19)22-14-16-8-10-18(21)11-9-16;;/h3-7,12,16,18-20,22H,2,8-11,13-14,21H2,1H3;2*1H/t16?,18?,19?,20-;;/m0../s1. The van der Waals surface area contributed by atoms with E-state index in [-0.39, 0.29) is 24.8 Å². The van der Waals surface area contributed by atoms with Crippen molar-refractivity contribution >= 4 is 30.9 Å². The highest BCUT2D eigenvalue weighted by molar-refractivity contribution is 5.85. The first-order chi connectivity index (χ1) is 10.8. The van der Waals surface area contributed by atoms with Crippen LogP contribution in [0.25, 0.3) is 6.08 Å². The van der Waals surface area contributed by atoms with Crippen LogP contribution in [0.3, 0.4) is 0 Å². The van der Waals surface area contributed by atoms with Crippen LogP contribution < -0.4 is 11.1 Å². The highest BCUT2D eigenvalue weighted by Crippen LogP contribution is 2.40. The van der Waals surface area contributed by atoms with Gasteiger partial charge in [0, 0.05) is 12.1 Å². The number of benzene rings is 1. The number of nitrogens with two attached hydrogens (primary N) is 1. The van der Waals surface area contributed by atoms with Gasteiger partial charge in [-0.2, -0.15) is 0 Å². The van der Waals surface area contributed by atoms with Crippen molar-refractivity contribution in [3.63, 3.8) is 0 Å². The van der Waals surface area contributed by atoms with E-state index in [0.717, 1.165) is 18.3 Å². The lowest BCUT2D eigenvalue weighted by molar-refractivity contribution is 0.313. The summed E-state index contributed by atoms with van der Waals surface area (Å²) in [4.78, 5) is 0. The van der Waals surface area contributed by atoms with E-state index in [0.29, 0.717) is 12.1 Å². The third-order valence-corrected chi connectivity index (χ3v) is 5.39. The van der Waals surface area contributed by atoms with Gasteiger partial charge >= 0.3 is 0 Å². The molecule has 3 rings (SSSR count). The lowest BCUT2D eigenvalue weighted by atomic mass is 9.86. The molecule has 2 fully saturated rings. The molecule has 0 aliphatic heterocycles. The van der Waals surface area contributed by atoms with Crippen LogP contribution in [0.4, 0.5) is 0 Å². The molecular formula is C20H32Cl2N2. The number of rotatable bonds is 6. The average molecular weight is 371 g/mol. The Hall–Kier alpha value is -0.540. The quantitative estimate of drug-likeness (QED) is 0.752. The van der Waals surface area contributed by atoms with E-state index in [2.05, 4.69) is 48.6 Å². The monoisotopic (exact) mass is 370 g/mol. The van der Waals surface area contributed by atoms with Crippen molar-refractivity contribution in [1.82, 2.24) is 5.32 Å². The van der Waals surface area contributed by atoms with Crippen molar-refractivity contribution in [3.05, 3.63) is 41.5 Å². The van der Waals surface area contributed by atoms with Crippen LogP contribution in [-0.2, 0) is 0 Å². The van der Waals surface area contributed by atoms with Gasteiger partial charge in [-0.1, -0.05) is 48.9 Å². The molecule has 2 aliphatic carbocycles. The maximum atomic E-state index is 5.99. The summed E-state index contributed by atoms with van der Waals surface area (Å²) in [6.45, 7) is 3.48. The van der Waals surface area contributed by atoms with Crippen LogP contribution in [0.15, 0.2) is 35.9 Å². The Morgan fingerprint density at radius 2 is 1.79 bits per heavy atom. The van der Waals surface area contributed by atoms with E-state index in [1.807, 2.05) is 0 Å². The Bertz CT molecular complexity index is 496. The maximum Gasteiger partial charge on any atom is 0.0140 e. The van der Waals surface area contributed by atoms with E-state index in [4.69, 9.17) is 5.73 Å². The first-order valence-electron chi connectivity index (χ1n) is 9.00. The predicted molar refractivity (Wildman–Crippen MR) is 109 cm³/mol. The summed E-state index contributed by atoms with van der Waals surface area (Å²) < 4.78 is 0. The van der Waals surface area contributed by atoms with Crippen LogP contribution in [0.5, 0.6) is 0 Å². The Morgan fingerprint density at radius 3 is 2.42 bits per heavy atom. The minimum Gasteiger partial charge on any atom is -0.328 e. The second-order valence-corrected chi connectivity index (χ2v) is 7.12. The molecule has 2 saturated carbocycles. The van der Waals surface area contributed by atoms with Crippen molar-refractivity contribution in [1.29, 1.82) is 0 Å². The van der Waals surface area contributed by atoms with Crippen molar-refractivity contribution in [2.75, 3.05) is 6.54 Å². The van der Waals surface area contributed by atoms with Crippen molar-refractivity contribution < 1.29 is 0 Å². The van der Waals surface area contributed by atoms with Crippen molar-refractivity contribution in [2.24, 2.45) is 17.6 Å². The topological polar surface area (TPSA) is 38.0 Å². The minimum absolute atomic E-state index is 0. The minimum atomic E-state index is 0. The van der Waals surface area contributed by atoms with Crippen LogP contribution >= 0.6 is 24.8 Å². The first-order valence-corrected chi connectivity index (χ1v) is 9.00. The number of nitrogens with one attached hydrogen (secondary N) is 1. The third kappa shape index (κ3) is 6.07. The Balaban J connectivity index is 0.00000144. The second kappa shape index (κ2) is 10.5. The Labute approximate surface area is 159 Å². The van der Waals surface area contributed by atoms with E-state index in [1.165, 1.54) is 44.2 Å². The van der Waals surface area contributed by atoms with Gasteiger partial charge in [-0.05, 0) is 62.5 Å². The molecule has 3 N–H and O–H groups in total. The van der Waals surface area contributed by atoms with E-state index >= 15 is 0 Å². The van der Waals surface area contributed by atoms with Crippen LogP contribution in [0.2, 0.25) is 0 Å². The zero-order valence-electron chi connectivity index (χ0n) is 14.6. The third-order valence-electron chi connectivity index (χ3n) is 5.39. The molecule has 0 saturated heterocycles. The van der Waals surface area contributed by atoms with Crippen LogP contribution in [0.1, 0.15) is 51.0 Å². The van der Waals surface area contributed by atoms with Gasteiger partial charge < -0.3 is 11.1 Å². The van der Waals surface area contributed by atoms with Crippen molar-refractivity contribution in [2.45, 2.75) is 57.5 Å². The van der Waals surface area contributed by atoms with E-state index in [9.17, 15) is 0 Å². The Morgan fingerprint density at radius 1 is 1.12 bits per heavy atom. The predicted octanol–water partition coefficient (Wildman–Crippen LogP) is 4.82. The average Bonchev–Trinajstić information content (AvgIpc) is 3.32. The molecule has 0 radical (unpaired) electrons. The second-order valence-electron chi connectivity index (χ2n) is 7.12. The van der Waals surface area contributed by atoms with Gasteiger partial charge in [0.1, 0.15) is 0 Å². The number of halogens is 2. The maximum absolute atomic E-state index is 5.99. The summed E-state index contributed by atoms with van der Waals surface area (Å²) in [7, 11) is 0. The lowest BCUT2D eigenvalue weighted by Crippen LogP contribution is -2.32. The van der Waals surface area contributed by atoms with Crippen molar-refractivity contribution in [3.8, 4) is 0 Å². The molecule has 1 aromatic carbocycles. The molecule has 0 amide bonds. The van der Waals surface area contributed by atoms with Crippen LogP contribution in [0, 0.1) is 11.8 Å². The smallest absolute Gasteiger partial charge is 0.0140 e. The molecule has 136 valence electrons.